The predicted octanol–water partition coefficient (Wildman–Crippen LogP) is -0.242. The summed E-state index contributed by atoms with van der Waals surface area (Å²) in [4.78, 5) is 11.0. The van der Waals surface area contributed by atoms with Crippen LogP contribution in [0.3, 0.4) is 0 Å². The van der Waals surface area contributed by atoms with Gasteiger partial charge in [-0.05, 0) is 37.5 Å². The van der Waals surface area contributed by atoms with E-state index in [0.717, 1.165) is 32.1 Å². The highest BCUT2D eigenvalue weighted by Crippen LogP contribution is 2.52. The number of hydrogen-bond acceptors (Lipinski definition) is 5. The molecule has 19 heavy (non-hydrogen) atoms. The zero-order valence-corrected chi connectivity index (χ0v) is 10.8. The third-order valence-corrected chi connectivity index (χ3v) is 5.16. The molecule has 108 valence electrons. The molecule has 0 spiro atoms. The minimum absolute atomic E-state index is 0.0426. The number of alkyl carbamates (subject to hydrolysis) is 1. The summed E-state index contributed by atoms with van der Waals surface area (Å²) in [6, 6.07) is 0. The molecular formula is C13H21NO5. The number of cyclic esters (lactones) is 1. The average molecular weight is 271 g/mol. The van der Waals surface area contributed by atoms with Crippen LogP contribution in [0.2, 0.25) is 0 Å². The molecule has 1 amide bonds. The minimum atomic E-state index is -1.26. The molecule has 1 heterocycles. The molecule has 0 aromatic rings. The SMILES string of the molecule is O=C1NCC([C@H](O)[C@@H](O)[C@]2(O)[C@@H]3CCC[C@H]2CC3)O1. The highest BCUT2D eigenvalue weighted by molar-refractivity contribution is 5.69. The molecular weight excluding hydrogens is 250 g/mol. The van der Waals surface area contributed by atoms with Crippen LogP contribution in [0.5, 0.6) is 0 Å². The molecule has 1 saturated heterocycles. The molecule has 0 radical (unpaired) electrons. The Balaban J connectivity index is 1.75. The summed E-state index contributed by atoms with van der Waals surface area (Å²) in [7, 11) is 0. The van der Waals surface area contributed by atoms with Crippen LogP contribution in [0.4, 0.5) is 4.79 Å². The Morgan fingerprint density at radius 3 is 2.37 bits per heavy atom. The quantitative estimate of drug-likeness (QED) is 0.568. The van der Waals surface area contributed by atoms with E-state index in [9.17, 15) is 20.1 Å². The Bertz CT molecular complexity index is 358. The third-order valence-electron chi connectivity index (χ3n) is 5.16. The fraction of sp³-hybridized carbons (Fsp3) is 0.923. The summed E-state index contributed by atoms with van der Waals surface area (Å²) in [5.74, 6) is 0.0851. The van der Waals surface area contributed by atoms with Gasteiger partial charge < -0.3 is 25.4 Å². The Morgan fingerprint density at radius 2 is 1.84 bits per heavy atom. The fourth-order valence-corrected chi connectivity index (χ4v) is 4.11. The molecule has 6 nitrogen and oxygen atoms in total. The van der Waals surface area contributed by atoms with Crippen molar-refractivity contribution < 1.29 is 24.9 Å². The van der Waals surface area contributed by atoms with E-state index in [-0.39, 0.29) is 18.4 Å². The van der Waals surface area contributed by atoms with Gasteiger partial charge in [-0.25, -0.2) is 4.79 Å². The summed E-state index contributed by atoms with van der Waals surface area (Å²) >= 11 is 0. The smallest absolute Gasteiger partial charge is 0.407 e. The monoisotopic (exact) mass is 271 g/mol. The van der Waals surface area contributed by atoms with Gasteiger partial charge in [-0.1, -0.05) is 6.42 Å². The normalized spacial score (nSPS) is 44.6. The van der Waals surface area contributed by atoms with Crippen molar-refractivity contribution >= 4 is 6.09 Å². The summed E-state index contributed by atoms with van der Waals surface area (Å²) in [6.45, 7) is 0.169. The third kappa shape index (κ3) is 1.93. The molecule has 3 aliphatic rings. The molecule has 2 saturated carbocycles. The lowest BCUT2D eigenvalue weighted by Crippen LogP contribution is -2.59. The largest absolute Gasteiger partial charge is 0.441 e. The highest BCUT2D eigenvalue weighted by Gasteiger charge is 2.58. The zero-order valence-electron chi connectivity index (χ0n) is 10.8. The van der Waals surface area contributed by atoms with E-state index in [1.807, 2.05) is 0 Å². The maximum atomic E-state index is 11.0. The highest BCUT2D eigenvalue weighted by atomic mass is 16.6. The van der Waals surface area contributed by atoms with E-state index in [0.29, 0.717) is 0 Å². The number of nitrogens with one attached hydrogen (secondary N) is 1. The van der Waals surface area contributed by atoms with Gasteiger partial charge in [0, 0.05) is 0 Å². The van der Waals surface area contributed by atoms with Crippen LogP contribution in [0.15, 0.2) is 0 Å². The maximum Gasteiger partial charge on any atom is 0.407 e. The van der Waals surface area contributed by atoms with Crippen LogP contribution in [0.1, 0.15) is 32.1 Å². The van der Waals surface area contributed by atoms with E-state index in [1.165, 1.54) is 0 Å². The standard InChI is InChI=1S/C13H21NO5/c15-10(9-6-14-12(17)19-9)11(16)13(18)7-2-1-3-8(13)5-4-7/h7-11,15-16,18H,1-6H2,(H,14,17)/t7-,8+,9?,10-,11+,13+/m0/s1. The van der Waals surface area contributed by atoms with Crippen LogP contribution < -0.4 is 5.32 Å². The van der Waals surface area contributed by atoms with Crippen molar-refractivity contribution in [3.8, 4) is 0 Å². The van der Waals surface area contributed by atoms with Crippen LogP contribution in [-0.4, -0.2) is 51.9 Å². The molecule has 2 aliphatic carbocycles. The molecule has 3 rings (SSSR count). The van der Waals surface area contributed by atoms with Crippen LogP contribution in [0, 0.1) is 11.8 Å². The minimum Gasteiger partial charge on any atom is -0.441 e. The number of aliphatic hydroxyl groups excluding tert-OH is 2. The van der Waals surface area contributed by atoms with E-state index < -0.39 is 30.0 Å². The lowest BCUT2D eigenvalue weighted by molar-refractivity contribution is -0.190. The average Bonchev–Trinajstić information content (AvgIpc) is 2.85. The van der Waals surface area contributed by atoms with Gasteiger partial charge in [0.15, 0.2) is 0 Å². The summed E-state index contributed by atoms with van der Waals surface area (Å²) in [5.41, 5.74) is -1.23. The molecule has 4 N–H and O–H groups in total. The second kappa shape index (κ2) is 4.61. The van der Waals surface area contributed by atoms with E-state index in [1.54, 1.807) is 0 Å². The van der Waals surface area contributed by atoms with Crippen molar-refractivity contribution in [1.82, 2.24) is 5.32 Å². The van der Waals surface area contributed by atoms with Gasteiger partial charge in [-0.3, -0.25) is 0 Å². The first-order valence-corrected chi connectivity index (χ1v) is 7.06. The Kier molecular flexibility index (Phi) is 3.19. The number of carbonyl (C=O) groups excluding carboxylic acids is 1. The zero-order chi connectivity index (χ0) is 13.6. The summed E-state index contributed by atoms with van der Waals surface area (Å²) < 4.78 is 4.90. The van der Waals surface area contributed by atoms with Gasteiger partial charge in [0.25, 0.3) is 0 Å². The van der Waals surface area contributed by atoms with Gasteiger partial charge in [0.1, 0.15) is 18.3 Å². The first-order valence-electron chi connectivity index (χ1n) is 7.06. The van der Waals surface area contributed by atoms with Crippen LogP contribution in [-0.2, 0) is 4.74 Å². The van der Waals surface area contributed by atoms with Gasteiger partial charge in [-0.15, -0.1) is 0 Å². The van der Waals surface area contributed by atoms with Crippen molar-refractivity contribution in [3.63, 3.8) is 0 Å². The Labute approximate surface area is 111 Å². The molecule has 6 heteroatoms. The molecule has 1 unspecified atom stereocenters. The first-order chi connectivity index (χ1) is 9.03. The predicted molar refractivity (Wildman–Crippen MR) is 65.3 cm³/mol. The fourth-order valence-electron chi connectivity index (χ4n) is 4.11. The number of carbonyl (C=O) groups is 1. The number of fused-ring (bicyclic) bond motifs is 2. The Morgan fingerprint density at radius 1 is 1.21 bits per heavy atom. The number of hydrogen-bond donors (Lipinski definition) is 4. The molecule has 3 fully saturated rings. The lowest BCUT2D eigenvalue weighted by Gasteiger charge is -2.44. The number of ether oxygens (including phenoxy) is 1. The number of amides is 1. The molecule has 0 aromatic carbocycles. The second-order valence-corrected chi connectivity index (χ2v) is 6.05. The van der Waals surface area contributed by atoms with E-state index in [2.05, 4.69) is 5.32 Å². The maximum absolute atomic E-state index is 11.0. The summed E-state index contributed by atoms with van der Waals surface area (Å²) in [5, 5.41) is 33.9. The van der Waals surface area contributed by atoms with E-state index in [4.69, 9.17) is 4.74 Å². The van der Waals surface area contributed by atoms with Crippen LogP contribution in [0.25, 0.3) is 0 Å². The van der Waals surface area contributed by atoms with E-state index >= 15 is 0 Å². The van der Waals surface area contributed by atoms with Gasteiger partial charge in [0.05, 0.1) is 12.1 Å². The second-order valence-electron chi connectivity index (χ2n) is 6.05. The first kappa shape index (κ1) is 13.1. The molecule has 0 aromatic heterocycles. The number of aliphatic hydroxyl groups is 3. The van der Waals surface area contributed by atoms with Crippen molar-refractivity contribution in [2.75, 3.05) is 6.54 Å². The van der Waals surface area contributed by atoms with Gasteiger partial charge in [0.2, 0.25) is 0 Å². The van der Waals surface area contributed by atoms with Crippen molar-refractivity contribution in [3.05, 3.63) is 0 Å². The van der Waals surface area contributed by atoms with Crippen molar-refractivity contribution in [2.45, 2.75) is 56.0 Å². The van der Waals surface area contributed by atoms with Gasteiger partial charge >= 0.3 is 6.09 Å². The number of rotatable bonds is 3. The van der Waals surface area contributed by atoms with Crippen molar-refractivity contribution in [2.24, 2.45) is 11.8 Å². The van der Waals surface area contributed by atoms with Crippen molar-refractivity contribution in [1.29, 1.82) is 0 Å². The van der Waals surface area contributed by atoms with Gasteiger partial charge in [-0.2, -0.15) is 0 Å². The molecule has 1 aliphatic heterocycles. The topological polar surface area (TPSA) is 99.0 Å². The van der Waals surface area contributed by atoms with Crippen LogP contribution >= 0.6 is 0 Å². The Hall–Kier alpha value is -0.850. The lowest BCUT2D eigenvalue weighted by atomic mass is 9.69. The molecule has 6 atom stereocenters. The molecule has 2 bridgehead atoms. The summed E-state index contributed by atoms with van der Waals surface area (Å²) in [6.07, 6.45) is 0.761.